The summed E-state index contributed by atoms with van der Waals surface area (Å²) in [4.78, 5) is 24.1. The highest BCUT2D eigenvalue weighted by Gasteiger charge is 2.23. The zero-order valence-electron chi connectivity index (χ0n) is 15.3. The molecule has 0 spiro atoms. The first-order valence-electron chi connectivity index (χ1n) is 8.15. The average Bonchev–Trinajstić information content (AvgIpc) is 2.58. The number of methoxy groups -OCH3 is 2. The van der Waals surface area contributed by atoms with Crippen molar-refractivity contribution in [2.24, 2.45) is 0 Å². The van der Waals surface area contributed by atoms with Gasteiger partial charge in [0.25, 0.3) is 0 Å². The van der Waals surface area contributed by atoms with Crippen LogP contribution in [0.5, 0.6) is 11.5 Å². The van der Waals surface area contributed by atoms with Crippen LogP contribution in [0.1, 0.15) is 28.3 Å². The minimum absolute atomic E-state index is 0.0189. The molecule has 0 saturated carbocycles. The molecule has 2 N–H and O–H groups in total. The molecule has 0 aliphatic carbocycles. The molecule has 138 valence electrons. The largest absolute Gasteiger partial charge is 0.497 e. The molecule has 0 saturated heterocycles. The average molecular weight is 357 g/mol. The molecular weight excluding hydrogens is 334 g/mol. The summed E-state index contributed by atoms with van der Waals surface area (Å²) < 4.78 is 10.4. The predicted molar refractivity (Wildman–Crippen MR) is 97.7 cm³/mol. The van der Waals surface area contributed by atoms with Crippen LogP contribution in [0.25, 0.3) is 0 Å². The van der Waals surface area contributed by atoms with Crippen molar-refractivity contribution in [2.75, 3.05) is 14.2 Å². The highest BCUT2D eigenvalue weighted by Crippen LogP contribution is 2.25. The molecule has 0 fully saturated rings. The molecule has 0 aliphatic rings. The molecule has 0 bridgehead atoms. The molecule has 26 heavy (non-hydrogen) atoms. The van der Waals surface area contributed by atoms with Gasteiger partial charge < -0.3 is 19.9 Å². The van der Waals surface area contributed by atoms with Gasteiger partial charge in [-0.05, 0) is 37.6 Å². The number of rotatable bonds is 7. The lowest BCUT2D eigenvalue weighted by atomic mass is 10.0. The van der Waals surface area contributed by atoms with Crippen molar-refractivity contribution in [1.82, 2.24) is 5.32 Å². The van der Waals surface area contributed by atoms with Crippen LogP contribution in [0.15, 0.2) is 36.4 Å². The van der Waals surface area contributed by atoms with E-state index in [0.29, 0.717) is 22.6 Å². The first-order valence-corrected chi connectivity index (χ1v) is 8.15. The Bertz CT molecular complexity index is 796. The van der Waals surface area contributed by atoms with E-state index in [1.165, 1.54) is 14.2 Å². The molecule has 6 nitrogen and oxygen atoms in total. The molecule has 2 rings (SSSR count). The lowest BCUT2D eigenvalue weighted by molar-refractivity contribution is -0.141. The summed E-state index contributed by atoms with van der Waals surface area (Å²) in [5.41, 5.74) is 3.04. The number of aliphatic carboxylic acids is 1. The fourth-order valence-corrected chi connectivity index (χ4v) is 2.87. The number of hydrogen-bond donors (Lipinski definition) is 2. The van der Waals surface area contributed by atoms with Gasteiger partial charge >= 0.3 is 5.97 Å². The second-order valence-electron chi connectivity index (χ2n) is 6.11. The Kier molecular flexibility index (Phi) is 6.22. The van der Waals surface area contributed by atoms with Crippen LogP contribution in [-0.2, 0) is 16.0 Å². The Morgan fingerprint density at radius 3 is 2.23 bits per heavy atom. The summed E-state index contributed by atoms with van der Waals surface area (Å²) in [6.45, 7) is 3.77. The van der Waals surface area contributed by atoms with Crippen LogP contribution in [0.4, 0.5) is 0 Å². The van der Waals surface area contributed by atoms with Crippen LogP contribution >= 0.6 is 0 Å². The number of carbonyl (C=O) groups is 2. The maximum Gasteiger partial charge on any atom is 0.330 e. The molecule has 0 aliphatic heterocycles. The van der Waals surface area contributed by atoms with Crippen LogP contribution in [-0.4, -0.2) is 31.2 Å². The van der Waals surface area contributed by atoms with Gasteiger partial charge in [-0.1, -0.05) is 29.3 Å². The number of nitrogens with one attached hydrogen (secondary N) is 1. The van der Waals surface area contributed by atoms with Gasteiger partial charge in [-0.2, -0.15) is 0 Å². The molecule has 0 heterocycles. The molecule has 2 aromatic rings. The van der Waals surface area contributed by atoms with Crippen molar-refractivity contribution in [3.8, 4) is 11.5 Å². The van der Waals surface area contributed by atoms with Gasteiger partial charge in [0.15, 0.2) is 6.04 Å². The van der Waals surface area contributed by atoms with Crippen LogP contribution in [0.2, 0.25) is 0 Å². The highest BCUT2D eigenvalue weighted by molar-refractivity contribution is 5.86. The monoisotopic (exact) mass is 357 g/mol. The normalized spacial score (nSPS) is 11.5. The van der Waals surface area contributed by atoms with Gasteiger partial charge in [0.1, 0.15) is 11.5 Å². The third-order valence-electron chi connectivity index (χ3n) is 3.97. The van der Waals surface area contributed by atoms with Crippen LogP contribution in [0, 0.1) is 13.8 Å². The molecule has 2 aromatic carbocycles. The maximum absolute atomic E-state index is 12.5. The smallest absolute Gasteiger partial charge is 0.330 e. The molecule has 0 radical (unpaired) electrons. The number of amides is 1. The summed E-state index contributed by atoms with van der Waals surface area (Å²) >= 11 is 0. The van der Waals surface area contributed by atoms with E-state index in [1.807, 2.05) is 19.9 Å². The second-order valence-corrected chi connectivity index (χ2v) is 6.11. The van der Waals surface area contributed by atoms with E-state index in [1.54, 1.807) is 30.3 Å². The summed E-state index contributed by atoms with van der Waals surface area (Å²) in [7, 11) is 3.05. The number of ether oxygens (including phenoxy) is 2. The Morgan fingerprint density at radius 2 is 1.69 bits per heavy atom. The standard InChI is InChI=1S/C20H23NO5/c1-12-7-13(2)9-15(8-12)19(20(23)24)21-18(22)11-14-10-16(25-3)5-6-17(14)26-4/h5-10,19H,11H2,1-4H3,(H,21,22)(H,23,24). The molecular formula is C20H23NO5. The lowest BCUT2D eigenvalue weighted by Crippen LogP contribution is -2.34. The summed E-state index contributed by atoms with van der Waals surface area (Å²) in [5.74, 6) is -0.388. The van der Waals surface area contributed by atoms with Gasteiger partial charge in [-0.3, -0.25) is 4.79 Å². The predicted octanol–water partition coefficient (Wildman–Crippen LogP) is 2.81. The van der Waals surface area contributed by atoms with Crippen molar-refractivity contribution in [3.63, 3.8) is 0 Å². The zero-order chi connectivity index (χ0) is 19.3. The van der Waals surface area contributed by atoms with E-state index in [9.17, 15) is 14.7 Å². The van der Waals surface area contributed by atoms with Crippen molar-refractivity contribution < 1.29 is 24.2 Å². The van der Waals surface area contributed by atoms with Crippen molar-refractivity contribution in [2.45, 2.75) is 26.3 Å². The third kappa shape index (κ3) is 4.75. The first kappa shape index (κ1) is 19.3. The summed E-state index contributed by atoms with van der Waals surface area (Å²) in [5, 5.41) is 12.1. The Labute approximate surface area is 152 Å². The maximum atomic E-state index is 12.5. The number of carboxylic acids is 1. The molecule has 0 aromatic heterocycles. The van der Waals surface area contributed by atoms with Crippen molar-refractivity contribution in [3.05, 3.63) is 58.7 Å². The molecule has 1 unspecified atom stereocenters. The van der Waals surface area contributed by atoms with Gasteiger partial charge in [-0.25, -0.2) is 4.79 Å². The SMILES string of the molecule is COc1ccc(OC)c(CC(=O)NC(C(=O)O)c2cc(C)cc(C)c2)c1. The highest BCUT2D eigenvalue weighted by atomic mass is 16.5. The van der Waals surface area contributed by atoms with E-state index < -0.39 is 17.9 Å². The number of carboxylic acid groups (broad SMARTS) is 1. The minimum atomic E-state index is -1.11. The van der Waals surface area contributed by atoms with Crippen LogP contribution in [0.3, 0.4) is 0 Å². The van der Waals surface area contributed by atoms with Crippen LogP contribution < -0.4 is 14.8 Å². The number of benzene rings is 2. The van der Waals surface area contributed by atoms with Gasteiger partial charge in [0.05, 0.1) is 20.6 Å². The first-order chi connectivity index (χ1) is 12.3. The fraction of sp³-hybridized carbons (Fsp3) is 0.300. The summed E-state index contributed by atoms with van der Waals surface area (Å²) in [6.07, 6.45) is -0.0189. The summed E-state index contributed by atoms with van der Waals surface area (Å²) in [6, 6.07) is 9.50. The fourth-order valence-electron chi connectivity index (χ4n) is 2.87. The lowest BCUT2D eigenvalue weighted by Gasteiger charge is -2.17. The second kappa shape index (κ2) is 8.38. The molecule has 1 atom stereocenters. The third-order valence-corrected chi connectivity index (χ3v) is 3.97. The van der Waals surface area contributed by atoms with Crippen molar-refractivity contribution >= 4 is 11.9 Å². The van der Waals surface area contributed by atoms with E-state index >= 15 is 0 Å². The van der Waals surface area contributed by atoms with E-state index in [4.69, 9.17) is 9.47 Å². The van der Waals surface area contributed by atoms with E-state index in [-0.39, 0.29) is 6.42 Å². The van der Waals surface area contributed by atoms with Gasteiger partial charge in [0.2, 0.25) is 5.91 Å². The Hall–Kier alpha value is -3.02. The molecule has 6 heteroatoms. The van der Waals surface area contributed by atoms with Gasteiger partial charge in [0, 0.05) is 5.56 Å². The van der Waals surface area contributed by atoms with E-state index in [0.717, 1.165) is 11.1 Å². The number of hydrogen-bond acceptors (Lipinski definition) is 4. The zero-order valence-corrected chi connectivity index (χ0v) is 15.3. The Morgan fingerprint density at radius 1 is 1.04 bits per heavy atom. The number of aryl methyl sites for hydroxylation is 2. The quantitative estimate of drug-likeness (QED) is 0.796. The van der Waals surface area contributed by atoms with Crippen molar-refractivity contribution in [1.29, 1.82) is 0 Å². The van der Waals surface area contributed by atoms with Gasteiger partial charge in [-0.15, -0.1) is 0 Å². The minimum Gasteiger partial charge on any atom is -0.497 e. The Balaban J connectivity index is 2.22. The topological polar surface area (TPSA) is 84.9 Å². The molecule has 1 amide bonds. The number of carbonyl (C=O) groups excluding carboxylic acids is 1. The van der Waals surface area contributed by atoms with E-state index in [2.05, 4.69) is 5.32 Å².